The highest BCUT2D eigenvalue weighted by Crippen LogP contribution is 2.16. The maximum Gasteiger partial charge on any atom is 0.146 e. The van der Waals surface area contributed by atoms with Crippen LogP contribution >= 0.6 is 0 Å². The highest BCUT2D eigenvalue weighted by Gasteiger charge is 2.14. The van der Waals surface area contributed by atoms with Gasteiger partial charge in [-0.25, -0.2) is 4.39 Å². The van der Waals surface area contributed by atoms with Gasteiger partial charge in [0.2, 0.25) is 0 Å². The van der Waals surface area contributed by atoms with Crippen molar-refractivity contribution in [2.24, 2.45) is 0 Å². The summed E-state index contributed by atoms with van der Waals surface area (Å²) in [5.74, 6) is -0.344. The molecule has 3 N–H and O–H groups in total. The predicted octanol–water partition coefficient (Wildman–Crippen LogP) is 2.07. The Balaban J connectivity index is 1.72. The van der Waals surface area contributed by atoms with E-state index in [0.717, 1.165) is 31.6 Å². The van der Waals surface area contributed by atoms with E-state index in [1.54, 1.807) is 6.07 Å². The largest absolute Gasteiger partial charge is 0.396 e. The Morgan fingerprint density at radius 2 is 2.35 bits per heavy atom. The predicted molar refractivity (Wildman–Crippen MR) is 66.1 cm³/mol. The molecule has 94 valence electrons. The van der Waals surface area contributed by atoms with Crippen molar-refractivity contribution >= 4 is 5.69 Å². The minimum absolute atomic E-state index is 0.247. The highest BCUT2D eigenvalue weighted by molar-refractivity contribution is 5.47. The van der Waals surface area contributed by atoms with E-state index in [-0.39, 0.29) is 11.5 Å². The molecule has 17 heavy (non-hydrogen) atoms. The molecule has 1 saturated heterocycles. The second-order valence-electron chi connectivity index (χ2n) is 4.41. The van der Waals surface area contributed by atoms with Gasteiger partial charge in [0.25, 0.3) is 0 Å². The Hall–Kier alpha value is -1.13. The number of anilines is 1. The molecule has 0 bridgehead atoms. The number of para-hydroxylation sites is 1. The van der Waals surface area contributed by atoms with Gasteiger partial charge in [-0.1, -0.05) is 12.1 Å². The van der Waals surface area contributed by atoms with Gasteiger partial charge in [-0.3, -0.25) is 0 Å². The van der Waals surface area contributed by atoms with Gasteiger partial charge in [-0.05, 0) is 37.4 Å². The molecule has 1 aliphatic rings. The summed E-state index contributed by atoms with van der Waals surface area (Å²) >= 11 is 0. The van der Waals surface area contributed by atoms with Crippen molar-refractivity contribution in [3.63, 3.8) is 0 Å². The summed E-state index contributed by atoms with van der Waals surface area (Å²) in [4.78, 5) is 0. The quantitative estimate of drug-likeness (QED) is 0.610. The molecule has 0 radical (unpaired) electrons. The molecule has 1 aliphatic heterocycles. The van der Waals surface area contributed by atoms with Gasteiger partial charge >= 0.3 is 0 Å². The number of nitrogens with two attached hydrogens (primary N) is 1. The maximum absolute atomic E-state index is 13.2. The Morgan fingerprint density at radius 1 is 1.47 bits per heavy atom. The number of nitrogen functional groups attached to an aromatic ring is 1. The SMILES string of the molecule is Nc1c(F)cccc1CNCCC1CCCO1. The lowest BCUT2D eigenvalue weighted by atomic mass is 10.1. The van der Waals surface area contributed by atoms with E-state index in [4.69, 9.17) is 10.5 Å². The molecule has 1 atom stereocenters. The van der Waals surface area contributed by atoms with Gasteiger partial charge in [0.1, 0.15) is 5.82 Å². The lowest BCUT2D eigenvalue weighted by Gasteiger charge is -2.11. The average molecular weight is 238 g/mol. The summed E-state index contributed by atoms with van der Waals surface area (Å²) in [5.41, 5.74) is 6.71. The van der Waals surface area contributed by atoms with Gasteiger partial charge in [-0.2, -0.15) is 0 Å². The van der Waals surface area contributed by atoms with Crippen LogP contribution in [-0.2, 0) is 11.3 Å². The summed E-state index contributed by atoms with van der Waals surface area (Å²) in [5, 5.41) is 3.27. The van der Waals surface area contributed by atoms with Crippen LogP contribution in [0.25, 0.3) is 0 Å². The molecule has 1 aromatic rings. The topological polar surface area (TPSA) is 47.3 Å². The summed E-state index contributed by atoms with van der Waals surface area (Å²) in [6.07, 6.45) is 3.73. The molecule has 0 saturated carbocycles. The number of hydrogen-bond acceptors (Lipinski definition) is 3. The maximum atomic E-state index is 13.2. The van der Waals surface area contributed by atoms with Crippen LogP contribution in [-0.4, -0.2) is 19.3 Å². The van der Waals surface area contributed by atoms with Crippen LogP contribution in [0.3, 0.4) is 0 Å². The molecule has 1 aromatic carbocycles. The van der Waals surface area contributed by atoms with Crippen molar-refractivity contribution in [2.75, 3.05) is 18.9 Å². The molecule has 0 aliphatic carbocycles. The van der Waals surface area contributed by atoms with E-state index in [1.165, 1.54) is 12.5 Å². The first-order chi connectivity index (χ1) is 8.27. The second kappa shape index (κ2) is 5.98. The molecule has 4 heteroatoms. The standard InChI is InChI=1S/C13H19FN2O/c14-12-5-1-3-10(13(12)15)9-16-7-6-11-4-2-8-17-11/h1,3,5,11,16H,2,4,6-9,15H2. The van der Waals surface area contributed by atoms with Crippen LogP contribution < -0.4 is 11.1 Å². The first-order valence-corrected chi connectivity index (χ1v) is 6.12. The molecule has 1 unspecified atom stereocenters. The minimum Gasteiger partial charge on any atom is -0.396 e. The summed E-state index contributed by atoms with van der Waals surface area (Å²) in [7, 11) is 0. The van der Waals surface area contributed by atoms with Crippen molar-refractivity contribution in [1.82, 2.24) is 5.32 Å². The van der Waals surface area contributed by atoms with Gasteiger partial charge < -0.3 is 15.8 Å². The number of ether oxygens (including phenoxy) is 1. The van der Waals surface area contributed by atoms with Crippen LogP contribution in [0.2, 0.25) is 0 Å². The van der Waals surface area contributed by atoms with E-state index in [2.05, 4.69) is 5.32 Å². The molecule has 0 aromatic heterocycles. The Bertz CT molecular complexity index is 364. The van der Waals surface area contributed by atoms with Crippen molar-refractivity contribution in [1.29, 1.82) is 0 Å². The van der Waals surface area contributed by atoms with E-state index in [0.29, 0.717) is 12.6 Å². The monoisotopic (exact) mass is 238 g/mol. The zero-order valence-corrected chi connectivity index (χ0v) is 9.92. The molecular weight excluding hydrogens is 219 g/mol. The summed E-state index contributed by atoms with van der Waals surface area (Å²) in [6.45, 7) is 2.37. The average Bonchev–Trinajstić information content (AvgIpc) is 2.83. The van der Waals surface area contributed by atoms with Gasteiger partial charge in [0.15, 0.2) is 0 Å². The Morgan fingerprint density at radius 3 is 3.12 bits per heavy atom. The third-order valence-electron chi connectivity index (χ3n) is 3.13. The zero-order valence-electron chi connectivity index (χ0n) is 9.92. The van der Waals surface area contributed by atoms with E-state index in [9.17, 15) is 4.39 Å². The van der Waals surface area contributed by atoms with Crippen LogP contribution in [0.15, 0.2) is 18.2 Å². The van der Waals surface area contributed by atoms with Crippen LogP contribution in [0.1, 0.15) is 24.8 Å². The van der Waals surface area contributed by atoms with Crippen molar-refractivity contribution < 1.29 is 9.13 Å². The molecule has 1 heterocycles. The summed E-state index contributed by atoms with van der Waals surface area (Å²) in [6, 6.07) is 4.91. The molecular formula is C13H19FN2O. The zero-order chi connectivity index (χ0) is 12.1. The number of halogens is 1. The normalized spacial score (nSPS) is 19.7. The second-order valence-corrected chi connectivity index (χ2v) is 4.41. The van der Waals surface area contributed by atoms with Crippen LogP contribution in [0.4, 0.5) is 10.1 Å². The van der Waals surface area contributed by atoms with Crippen LogP contribution in [0.5, 0.6) is 0 Å². The number of rotatable bonds is 5. The van der Waals surface area contributed by atoms with Gasteiger partial charge in [0, 0.05) is 13.2 Å². The van der Waals surface area contributed by atoms with Crippen molar-refractivity contribution in [3.8, 4) is 0 Å². The molecule has 1 fully saturated rings. The highest BCUT2D eigenvalue weighted by atomic mass is 19.1. The first kappa shape index (κ1) is 12.3. The molecule has 3 nitrogen and oxygen atoms in total. The Kier molecular flexibility index (Phi) is 4.34. The van der Waals surface area contributed by atoms with Gasteiger partial charge in [-0.15, -0.1) is 0 Å². The lowest BCUT2D eigenvalue weighted by Crippen LogP contribution is -2.20. The molecule has 2 rings (SSSR count). The van der Waals surface area contributed by atoms with E-state index in [1.807, 2.05) is 6.07 Å². The van der Waals surface area contributed by atoms with E-state index >= 15 is 0 Å². The fourth-order valence-electron chi connectivity index (χ4n) is 2.09. The van der Waals surface area contributed by atoms with Crippen LogP contribution in [0, 0.1) is 5.82 Å². The smallest absolute Gasteiger partial charge is 0.146 e. The van der Waals surface area contributed by atoms with Crippen molar-refractivity contribution in [2.45, 2.75) is 31.9 Å². The van der Waals surface area contributed by atoms with Gasteiger partial charge in [0.05, 0.1) is 11.8 Å². The first-order valence-electron chi connectivity index (χ1n) is 6.12. The van der Waals surface area contributed by atoms with Crippen molar-refractivity contribution in [3.05, 3.63) is 29.6 Å². The molecule has 0 spiro atoms. The third-order valence-corrected chi connectivity index (χ3v) is 3.13. The number of nitrogens with one attached hydrogen (secondary N) is 1. The number of hydrogen-bond donors (Lipinski definition) is 2. The molecule has 0 amide bonds. The lowest BCUT2D eigenvalue weighted by molar-refractivity contribution is 0.104. The summed E-state index contributed by atoms with van der Waals surface area (Å²) < 4.78 is 18.7. The third kappa shape index (κ3) is 3.41. The fraction of sp³-hybridized carbons (Fsp3) is 0.538. The van der Waals surface area contributed by atoms with E-state index < -0.39 is 0 Å². The fourth-order valence-corrected chi connectivity index (χ4v) is 2.09. The minimum atomic E-state index is -0.344. The number of benzene rings is 1. The Labute approximate surface area is 101 Å².